The van der Waals surface area contributed by atoms with E-state index in [1.165, 1.54) is 0 Å². The van der Waals surface area contributed by atoms with E-state index in [1.54, 1.807) is 12.1 Å². The van der Waals surface area contributed by atoms with Gasteiger partial charge in [-0.1, -0.05) is 41.9 Å². The molecule has 1 heterocycles. The summed E-state index contributed by atoms with van der Waals surface area (Å²) < 4.78 is 0.899. The van der Waals surface area contributed by atoms with Crippen molar-refractivity contribution in [2.45, 2.75) is 19.3 Å². The lowest BCUT2D eigenvalue weighted by Crippen LogP contribution is -2.30. The molecule has 0 unspecified atom stereocenters. The van der Waals surface area contributed by atoms with Gasteiger partial charge in [0.05, 0.1) is 17.2 Å². The molecule has 0 spiro atoms. The number of aromatic nitrogens is 1. The smallest absolute Gasteiger partial charge is 0.195 e. The molecule has 1 aromatic heterocycles. The van der Waals surface area contributed by atoms with Crippen molar-refractivity contribution < 1.29 is 4.79 Å². The number of aromatic amines is 1. The zero-order valence-electron chi connectivity index (χ0n) is 12.7. The number of ketones is 1. The van der Waals surface area contributed by atoms with E-state index in [0.29, 0.717) is 5.56 Å². The average Bonchev–Trinajstić information content (AvgIpc) is 2.92. The lowest BCUT2D eigenvalue weighted by molar-refractivity contribution is 0.103. The first kappa shape index (κ1) is 14.2. The van der Waals surface area contributed by atoms with E-state index in [1.807, 2.05) is 24.3 Å². The SMILES string of the molecule is CC1(C)c2ccc(Br)cc2C(=O)c2c1[nH]c1cc(C#N)ccc21. The van der Waals surface area contributed by atoms with Crippen molar-refractivity contribution in [3.63, 3.8) is 0 Å². The van der Waals surface area contributed by atoms with Crippen LogP contribution in [-0.4, -0.2) is 10.8 Å². The molecular weight excluding hydrogens is 352 g/mol. The van der Waals surface area contributed by atoms with Gasteiger partial charge in [-0.2, -0.15) is 5.26 Å². The van der Waals surface area contributed by atoms with Crippen molar-refractivity contribution in [2.75, 3.05) is 0 Å². The van der Waals surface area contributed by atoms with Crippen molar-refractivity contribution >= 4 is 32.6 Å². The van der Waals surface area contributed by atoms with E-state index in [-0.39, 0.29) is 11.2 Å². The van der Waals surface area contributed by atoms with Crippen LogP contribution in [0.1, 0.15) is 46.6 Å². The molecule has 1 aliphatic rings. The van der Waals surface area contributed by atoms with Crippen LogP contribution < -0.4 is 0 Å². The molecule has 0 amide bonds. The predicted molar refractivity (Wildman–Crippen MR) is 92.7 cm³/mol. The Balaban J connectivity index is 2.10. The van der Waals surface area contributed by atoms with Gasteiger partial charge in [0.15, 0.2) is 5.78 Å². The van der Waals surface area contributed by atoms with Crippen molar-refractivity contribution in [3.05, 3.63) is 68.8 Å². The van der Waals surface area contributed by atoms with Crippen molar-refractivity contribution in [3.8, 4) is 6.07 Å². The number of halogens is 1. The minimum atomic E-state index is -0.300. The maximum atomic E-state index is 13.1. The van der Waals surface area contributed by atoms with Crippen LogP contribution in [-0.2, 0) is 5.41 Å². The number of benzene rings is 2. The molecule has 0 saturated carbocycles. The van der Waals surface area contributed by atoms with Crippen molar-refractivity contribution in [1.29, 1.82) is 5.26 Å². The summed E-state index contributed by atoms with van der Waals surface area (Å²) in [6.45, 7) is 4.23. The van der Waals surface area contributed by atoms with Crippen molar-refractivity contribution in [1.82, 2.24) is 4.98 Å². The monoisotopic (exact) mass is 364 g/mol. The molecular formula is C19H13BrN2O. The topological polar surface area (TPSA) is 56.6 Å². The zero-order chi connectivity index (χ0) is 16.4. The number of nitrogens with zero attached hydrogens (tertiary/aromatic N) is 1. The molecule has 0 atom stereocenters. The molecule has 4 heteroatoms. The molecule has 0 fully saturated rings. The minimum Gasteiger partial charge on any atom is -0.357 e. The van der Waals surface area contributed by atoms with E-state index in [2.05, 4.69) is 40.8 Å². The highest BCUT2D eigenvalue weighted by atomic mass is 79.9. The summed E-state index contributed by atoms with van der Waals surface area (Å²) in [5, 5.41) is 9.97. The molecule has 1 aliphatic carbocycles. The molecule has 0 saturated heterocycles. The zero-order valence-corrected chi connectivity index (χ0v) is 14.3. The molecule has 3 nitrogen and oxygen atoms in total. The van der Waals surface area contributed by atoms with Gasteiger partial charge in [0.1, 0.15) is 0 Å². The average molecular weight is 365 g/mol. The maximum Gasteiger partial charge on any atom is 0.195 e. The summed E-state index contributed by atoms with van der Waals surface area (Å²) in [5.74, 6) is 0.0339. The van der Waals surface area contributed by atoms with Crippen molar-refractivity contribution in [2.24, 2.45) is 0 Å². The van der Waals surface area contributed by atoms with Gasteiger partial charge >= 0.3 is 0 Å². The first-order valence-electron chi connectivity index (χ1n) is 7.34. The Kier molecular flexibility index (Phi) is 2.82. The van der Waals surface area contributed by atoms with Crippen LogP contribution in [0.15, 0.2) is 40.9 Å². The Labute approximate surface area is 142 Å². The van der Waals surface area contributed by atoms with Crippen LogP contribution in [0.2, 0.25) is 0 Å². The summed E-state index contributed by atoms with van der Waals surface area (Å²) in [4.78, 5) is 16.5. The second-order valence-electron chi connectivity index (χ2n) is 6.39. The fraction of sp³-hybridized carbons (Fsp3) is 0.158. The third kappa shape index (κ3) is 1.83. The van der Waals surface area contributed by atoms with Gasteiger partial charge in [-0.25, -0.2) is 0 Å². The summed E-state index contributed by atoms with van der Waals surface area (Å²) in [6.07, 6.45) is 0. The van der Waals surface area contributed by atoms with E-state index < -0.39 is 0 Å². The van der Waals surface area contributed by atoms with Gasteiger partial charge in [-0.15, -0.1) is 0 Å². The number of nitriles is 1. The maximum absolute atomic E-state index is 13.1. The Morgan fingerprint density at radius 2 is 1.96 bits per heavy atom. The fourth-order valence-electron chi connectivity index (χ4n) is 3.49. The number of nitrogens with one attached hydrogen (secondary N) is 1. The van der Waals surface area contributed by atoms with Crippen LogP contribution in [0.25, 0.3) is 10.9 Å². The highest BCUT2D eigenvalue weighted by molar-refractivity contribution is 9.10. The lowest BCUT2D eigenvalue weighted by Gasteiger charge is -2.32. The molecule has 112 valence electrons. The number of hydrogen-bond acceptors (Lipinski definition) is 2. The molecule has 0 radical (unpaired) electrons. The highest BCUT2D eigenvalue weighted by Gasteiger charge is 2.39. The largest absolute Gasteiger partial charge is 0.357 e. The summed E-state index contributed by atoms with van der Waals surface area (Å²) in [6, 6.07) is 13.4. The molecule has 0 aliphatic heterocycles. The lowest BCUT2D eigenvalue weighted by atomic mass is 9.71. The van der Waals surface area contributed by atoms with Gasteiger partial charge in [0.2, 0.25) is 0 Å². The minimum absolute atomic E-state index is 0.0339. The normalized spacial score (nSPS) is 15.1. The van der Waals surface area contributed by atoms with Gasteiger partial charge in [-0.3, -0.25) is 4.79 Å². The molecule has 3 aromatic rings. The van der Waals surface area contributed by atoms with Crippen LogP contribution in [0, 0.1) is 11.3 Å². The molecule has 1 N–H and O–H groups in total. The van der Waals surface area contributed by atoms with E-state index >= 15 is 0 Å². The van der Waals surface area contributed by atoms with E-state index in [9.17, 15) is 4.79 Å². The summed E-state index contributed by atoms with van der Waals surface area (Å²) in [5.41, 5.74) is 4.52. The van der Waals surface area contributed by atoms with Crippen LogP contribution >= 0.6 is 15.9 Å². The summed E-state index contributed by atoms with van der Waals surface area (Å²) in [7, 11) is 0. The number of hydrogen-bond donors (Lipinski definition) is 1. The van der Waals surface area contributed by atoms with Gasteiger partial charge in [0, 0.05) is 32.0 Å². The van der Waals surface area contributed by atoms with Gasteiger partial charge in [-0.05, 0) is 29.8 Å². The number of carbonyl (C=O) groups is 1. The number of fused-ring (bicyclic) bond motifs is 4. The second-order valence-corrected chi connectivity index (χ2v) is 7.31. The quantitative estimate of drug-likeness (QED) is 0.629. The van der Waals surface area contributed by atoms with E-state index in [0.717, 1.165) is 37.8 Å². The highest BCUT2D eigenvalue weighted by Crippen LogP contribution is 2.44. The Bertz CT molecular complexity index is 1040. The third-order valence-electron chi connectivity index (χ3n) is 4.68. The van der Waals surface area contributed by atoms with Crippen LogP contribution in [0.3, 0.4) is 0 Å². The molecule has 0 bridgehead atoms. The molecule has 2 aromatic carbocycles. The number of carbonyl (C=O) groups excluding carboxylic acids is 1. The van der Waals surface area contributed by atoms with E-state index in [4.69, 9.17) is 5.26 Å². The van der Waals surface area contributed by atoms with Gasteiger partial charge < -0.3 is 4.98 Å². The second kappa shape index (κ2) is 4.56. The van der Waals surface area contributed by atoms with Gasteiger partial charge in [0.25, 0.3) is 0 Å². The molecule has 4 rings (SSSR count). The standard InChI is InChI=1S/C19H13BrN2O/c1-19(2)14-6-4-11(20)8-13(14)17(23)16-12-5-3-10(9-21)7-15(12)22-18(16)19/h3-8,22H,1-2H3. The number of rotatable bonds is 0. The first-order chi connectivity index (χ1) is 10.9. The van der Waals surface area contributed by atoms with Crippen LogP contribution in [0.5, 0.6) is 0 Å². The fourth-order valence-corrected chi connectivity index (χ4v) is 3.85. The summed E-state index contributed by atoms with van der Waals surface area (Å²) >= 11 is 3.46. The Hall–Kier alpha value is -2.38. The Morgan fingerprint density at radius 3 is 2.70 bits per heavy atom. The van der Waals surface area contributed by atoms with Crippen LogP contribution in [0.4, 0.5) is 0 Å². The first-order valence-corrected chi connectivity index (χ1v) is 8.14. The molecule has 23 heavy (non-hydrogen) atoms. The Morgan fingerprint density at radius 1 is 1.17 bits per heavy atom. The predicted octanol–water partition coefficient (Wildman–Crippen LogP) is 4.67. The number of H-pyrrole nitrogens is 1. The third-order valence-corrected chi connectivity index (χ3v) is 5.17.